The van der Waals surface area contributed by atoms with Gasteiger partial charge >= 0.3 is 0 Å². The van der Waals surface area contributed by atoms with E-state index in [4.69, 9.17) is 12.8 Å². The minimum Gasteiger partial charge on any atom is -0.305 e. The zero-order chi connectivity index (χ0) is 10.2. The first-order chi connectivity index (χ1) is 6.86. The Balaban J connectivity index is 2.08. The normalized spacial score (nSPS) is 15.1. The van der Waals surface area contributed by atoms with Crippen molar-refractivity contribution >= 4 is 0 Å². The molecule has 0 amide bonds. The molecule has 1 rings (SSSR count). The monoisotopic (exact) mass is 190 g/mol. The van der Waals surface area contributed by atoms with E-state index in [0.717, 1.165) is 32.1 Å². The summed E-state index contributed by atoms with van der Waals surface area (Å²) >= 11 is 0. The number of hydrogen-bond acceptors (Lipinski definition) is 2. The molecule has 0 heterocycles. The van der Waals surface area contributed by atoms with E-state index in [2.05, 4.69) is 22.1 Å². The van der Waals surface area contributed by atoms with Crippen LogP contribution in [0.1, 0.15) is 12.8 Å². The van der Waals surface area contributed by atoms with Gasteiger partial charge in [-0.1, -0.05) is 11.8 Å². The maximum Gasteiger partial charge on any atom is 0.0599 e. The minimum absolute atomic E-state index is 0.646. The van der Waals surface area contributed by atoms with Gasteiger partial charge in [-0.05, 0) is 18.8 Å². The molecular weight excluding hydrogens is 172 g/mol. The van der Waals surface area contributed by atoms with E-state index in [1.54, 1.807) is 0 Å². The molecule has 14 heavy (non-hydrogen) atoms. The summed E-state index contributed by atoms with van der Waals surface area (Å²) in [6, 6.07) is 0. The predicted octanol–water partition coefficient (Wildman–Crippen LogP) is 0.554. The molecule has 0 spiro atoms. The molecule has 0 aromatic heterocycles. The zero-order valence-electron chi connectivity index (χ0n) is 8.63. The maximum absolute atomic E-state index is 5.31. The summed E-state index contributed by atoms with van der Waals surface area (Å²) in [6.07, 6.45) is 13.2. The number of nitrogens with zero attached hydrogens (tertiary/aromatic N) is 1. The highest BCUT2D eigenvalue weighted by Gasteiger charge is 2.23. The van der Waals surface area contributed by atoms with Crippen LogP contribution in [0, 0.1) is 30.6 Å². The Kier molecular flexibility index (Phi) is 5.15. The highest BCUT2D eigenvalue weighted by molar-refractivity contribution is 4.91. The number of hydrogen-bond donors (Lipinski definition) is 1. The number of rotatable bonds is 7. The van der Waals surface area contributed by atoms with Crippen LogP contribution < -0.4 is 5.32 Å². The third kappa shape index (κ3) is 4.92. The largest absolute Gasteiger partial charge is 0.305 e. The van der Waals surface area contributed by atoms with Crippen LogP contribution in [0.4, 0.5) is 0 Å². The second kappa shape index (κ2) is 6.49. The molecule has 0 aromatic rings. The van der Waals surface area contributed by atoms with Crippen LogP contribution in [0.25, 0.3) is 0 Å². The second-order valence-electron chi connectivity index (χ2n) is 3.76. The van der Waals surface area contributed by atoms with Crippen LogP contribution in [0.3, 0.4) is 0 Å². The minimum atomic E-state index is 0.646. The Bertz CT molecular complexity index is 230. The Morgan fingerprint density at radius 2 is 2.07 bits per heavy atom. The van der Waals surface area contributed by atoms with Crippen LogP contribution in [-0.2, 0) is 0 Å². The van der Waals surface area contributed by atoms with Gasteiger partial charge in [0.1, 0.15) is 0 Å². The summed E-state index contributed by atoms with van der Waals surface area (Å²) in [5.74, 6) is 6.16. The third-order valence-corrected chi connectivity index (χ3v) is 2.36. The van der Waals surface area contributed by atoms with Gasteiger partial charge in [-0.2, -0.15) is 0 Å². The molecule has 0 aliphatic heterocycles. The summed E-state index contributed by atoms with van der Waals surface area (Å²) in [7, 11) is 0. The molecule has 1 saturated carbocycles. The van der Waals surface area contributed by atoms with Gasteiger partial charge in [0.15, 0.2) is 0 Å². The van der Waals surface area contributed by atoms with Crippen LogP contribution in [0.2, 0.25) is 0 Å². The molecule has 1 aliphatic carbocycles. The molecule has 0 atom stereocenters. The Hall–Kier alpha value is -0.960. The average Bonchev–Trinajstić information content (AvgIpc) is 2.96. The fraction of sp³-hybridized carbons (Fsp3) is 0.667. The lowest BCUT2D eigenvalue weighted by molar-refractivity contribution is 0.295. The third-order valence-electron chi connectivity index (χ3n) is 2.36. The first-order valence-electron chi connectivity index (χ1n) is 5.16. The summed E-state index contributed by atoms with van der Waals surface area (Å²) in [5, 5.41) is 3.17. The van der Waals surface area contributed by atoms with E-state index in [0.29, 0.717) is 6.54 Å². The molecule has 0 radical (unpaired) electrons. The molecule has 2 heteroatoms. The Morgan fingerprint density at radius 3 is 2.64 bits per heavy atom. The highest BCUT2D eigenvalue weighted by Crippen LogP contribution is 2.29. The van der Waals surface area contributed by atoms with Crippen LogP contribution >= 0.6 is 0 Å². The summed E-state index contributed by atoms with van der Waals surface area (Å²) in [4.78, 5) is 2.32. The van der Waals surface area contributed by atoms with Gasteiger partial charge < -0.3 is 5.32 Å². The molecule has 2 nitrogen and oxygen atoms in total. The van der Waals surface area contributed by atoms with Crippen LogP contribution in [-0.4, -0.2) is 37.6 Å². The van der Waals surface area contributed by atoms with Gasteiger partial charge in [0.25, 0.3) is 0 Å². The predicted molar refractivity (Wildman–Crippen MR) is 59.7 cm³/mol. The fourth-order valence-corrected chi connectivity index (χ4v) is 1.43. The molecule has 1 N–H and O–H groups in total. The summed E-state index contributed by atoms with van der Waals surface area (Å²) < 4.78 is 0. The van der Waals surface area contributed by atoms with Gasteiger partial charge in [0.2, 0.25) is 0 Å². The van der Waals surface area contributed by atoms with E-state index in [9.17, 15) is 0 Å². The maximum atomic E-state index is 5.31. The first-order valence-corrected chi connectivity index (χ1v) is 5.16. The van der Waals surface area contributed by atoms with Crippen molar-refractivity contribution in [1.82, 2.24) is 10.2 Å². The van der Waals surface area contributed by atoms with Crippen molar-refractivity contribution in [3.05, 3.63) is 0 Å². The molecule has 0 aromatic carbocycles. The Labute approximate surface area is 87.1 Å². The quantitative estimate of drug-likeness (QED) is 0.466. The number of nitrogens with one attached hydrogen (secondary N) is 1. The first kappa shape index (κ1) is 11.1. The lowest BCUT2D eigenvalue weighted by atomic mass is 10.3. The van der Waals surface area contributed by atoms with Gasteiger partial charge in [-0.3, -0.25) is 4.90 Å². The van der Waals surface area contributed by atoms with E-state index in [1.165, 1.54) is 12.8 Å². The SMILES string of the molecule is C#CCNCCN(CC#C)CC1CC1. The molecule has 0 unspecified atom stereocenters. The lowest BCUT2D eigenvalue weighted by Gasteiger charge is -2.19. The van der Waals surface area contributed by atoms with Crippen molar-refractivity contribution in [2.45, 2.75) is 12.8 Å². The van der Waals surface area contributed by atoms with E-state index >= 15 is 0 Å². The zero-order valence-corrected chi connectivity index (χ0v) is 8.63. The van der Waals surface area contributed by atoms with Gasteiger partial charge in [-0.15, -0.1) is 12.8 Å². The fourth-order valence-electron chi connectivity index (χ4n) is 1.43. The van der Waals surface area contributed by atoms with E-state index < -0.39 is 0 Å². The van der Waals surface area contributed by atoms with Gasteiger partial charge in [0.05, 0.1) is 13.1 Å². The lowest BCUT2D eigenvalue weighted by Crippen LogP contribution is -2.34. The van der Waals surface area contributed by atoms with Crippen molar-refractivity contribution in [1.29, 1.82) is 0 Å². The Morgan fingerprint density at radius 1 is 1.29 bits per heavy atom. The van der Waals surface area contributed by atoms with Crippen LogP contribution in [0.5, 0.6) is 0 Å². The second-order valence-corrected chi connectivity index (χ2v) is 3.76. The standard InChI is InChI=1S/C12H18N2/c1-3-7-13-8-10-14(9-4-2)11-12-5-6-12/h1-2,12-13H,5-11H2. The summed E-state index contributed by atoms with van der Waals surface area (Å²) in [6.45, 7) is 4.49. The van der Waals surface area contributed by atoms with Gasteiger partial charge in [-0.25, -0.2) is 0 Å². The van der Waals surface area contributed by atoms with Gasteiger partial charge in [0, 0.05) is 19.6 Å². The van der Waals surface area contributed by atoms with Crippen LogP contribution in [0.15, 0.2) is 0 Å². The van der Waals surface area contributed by atoms with E-state index in [-0.39, 0.29) is 0 Å². The number of terminal acetylenes is 2. The molecular formula is C12H18N2. The van der Waals surface area contributed by atoms with Crippen molar-refractivity contribution in [2.24, 2.45) is 5.92 Å². The van der Waals surface area contributed by atoms with Crippen molar-refractivity contribution in [3.63, 3.8) is 0 Å². The molecule has 0 saturated heterocycles. The molecule has 0 bridgehead atoms. The van der Waals surface area contributed by atoms with E-state index in [1.807, 2.05) is 0 Å². The van der Waals surface area contributed by atoms with Crippen molar-refractivity contribution in [3.8, 4) is 24.7 Å². The molecule has 1 fully saturated rings. The topological polar surface area (TPSA) is 15.3 Å². The molecule has 76 valence electrons. The smallest absolute Gasteiger partial charge is 0.0599 e. The average molecular weight is 190 g/mol. The van der Waals surface area contributed by atoms with Crippen molar-refractivity contribution in [2.75, 3.05) is 32.7 Å². The highest BCUT2D eigenvalue weighted by atomic mass is 15.1. The van der Waals surface area contributed by atoms with Crippen molar-refractivity contribution < 1.29 is 0 Å². The molecule has 1 aliphatic rings. The summed E-state index contributed by atoms with van der Waals surface area (Å²) in [5.41, 5.74) is 0.